The van der Waals surface area contributed by atoms with Crippen LogP contribution in [0.5, 0.6) is 11.5 Å². The number of aromatic nitrogens is 1. The van der Waals surface area contributed by atoms with Gasteiger partial charge in [0.15, 0.2) is 0 Å². The summed E-state index contributed by atoms with van der Waals surface area (Å²) in [4.78, 5) is 16.6. The molecular formula is C20H29N5O3S. The van der Waals surface area contributed by atoms with E-state index in [1.807, 2.05) is 25.2 Å². The largest absolute Gasteiger partial charge is 0.494 e. The number of thioether (sulfide) groups is 1. The second kappa shape index (κ2) is 11.4. The van der Waals surface area contributed by atoms with Gasteiger partial charge in [0.25, 0.3) is 0 Å². The third-order valence-electron chi connectivity index (χ3n) is 3.74. The standard InChI is InChI=1S/C17H21N5O3S.C3H8/c1-18-16(23)21-14-6-10(4-5-20-14)9-25-11-7-12(24-3)15-13(8-11)26-17(19-2)22-15;1-3-2/h4-8,17,19,22H,9H2,1-3H3,(H2,18,20,21,23);3H2,1-2H3. The number of fused-ring (bicyclic) bond motifs is 1. The first-order valence-corrected chi connectivity index (χ1v) is 10.3. The highest BCUT2D eigenvalue weighted by atomic mass is 32.2. The van der Waals surface area contributed by atoms with Crippen molar-refractivity contribution in [3.05, 3.63) is 36.0 Å². The maximum atomic E-state index is 11.4. The molecule has 0 bridgehead atoms. The zero-order valence-electron chi connectivity index (χ0n) is 17.5. The number of rotatable bonds is 6. The normalized spacial score (nSPS) is 14.0. The summed E-state index contributed by atoms with van der Waals surface area (Å²) in [6.45, 7) is 4.60. The van der Waals surface area contributed by atoms with Crippen molar-refractivity contribution < 1.29 is 14.3 Å². The van der Waals surface area contributed by atoms with Gasteiger partial charge in [-0.05, 0) is 30.8 Å². The molecule has 1 unspecified atom stereocenters. The highest BCUT2D eigenvalue weighted by Crippen LogP contribution is 2.45. The molecule has 8 nitrogen and oxygen atoms in total. The van der Waals surface area contributed by atoms with Crippen LogP contribution in [0.25, 0.3) is 0 Å². The third-order valence-corrected chi connectivity index (χ3v) is 4.91. The van der Waals surface area contributed by atoms with Crippen LogP contribution in [0.4, 0.5) is 16.3 Å². The van der Waals surface area contributed by atoms with E-state index in [9.17, 15) is 4.79 Å². The second-order valence-corrected chi connectivity index (χ2v) is 7.33. The number of anilines is 2. The van der Waals surface area contributed by atoms with Crippen molar-refractivity contribution >= 4 is 29.3 Å². The van der Waals surface area contributed by atoms with Gasteiger partial charge in [0.2, 0.25) is 0 Å². The molecule has 2 amide bonds. The van der Waals surface area contributed by atoms with Crippen molar-refractivity contribution in [2.45, 2.75) is 37.3 Å². The van der Waals surface area contributed by atoms with E-state index in [1.54, 1.807) is 38.2 Å². The van der Waals surface area contributed by atoms with Crippen molar-refractivity contribution in [2.24, 2.45) is 0 Å². The summed E-state index contributed by atoms with van der Waals surface area (Å²) in [7, 11) is 5.08. The number of amides is 2. The van der Waals surface area contributed by atoms with Crippen LogP contribution in [-0.4, -0.2) is 37.7 Å². The Balaban J connectivity index is 0.000000941. The maximum absolute atomic E-state index is 11.4. The van der Waals surface area contributed by atoms with Gasteiger partial charge in [-0.3, -0.25) is 10.6 Å². The highest BCUT2D eigenvalue weighted by Gasteiger charge is 2.24. The van der Waals surface area contributed by atoms with Gasteiger partial charge in [-0.2, -0.15) is 0 Å². The quantitative estimate of drug-likeness (QED) is 0.565. The summed E-state index contributed by atoms with van der Waals surface area (Å²) < 4.78 is 11.4. The molecule has 0 spiro atoms. The topological polar surface area (TPSA) is 96.5 Å². The molecule has 2 heterocycles. The van der Waals surface area contributed by atoms with Crippen molar-refractivity contribution in [3.63, 3.8) is 0 Å². The van der Waals surface area contributed by atoms with E-state index in [0.717, 1.165) is 21.9 Å². The number of nitrogens with one attached hydrogen (secondary N) is 4. The molecule has 1 aromatic carbocycles. The van der Waals surface area contributed by atoms with E-state index < -0.39 is 0 Å². The number of hydrogen-bond acceptors (Lipinski definition) is 7. The van der Waals surface area contributed by atoms with E-state index in [4.69, 9.17) is 9.47 Å². The zero-order chi connectivity index (χ0) is 21.2. The smallest absolute Gasteiger partial charge is 0.320 e. The van der Waals surface area contributed by atoms with E-state index in [-0.39, 0.29) is 11.5 Å². The number of benzene rings is 1. The molecular weight excluding hydrogens is 390 g/mol. The molecule has 1 aliphatic heterocycles. The fourth-order valence-electron chi connectivity index (χ4n) is 2.44. The minimum absolute atomic E-state index is 0.104. The lowest BCUT2D eigenvalue weighted by Gasteiger charge is -2.12. The maximum Gasteiger partial charge on any atom is 0.320 e. The van der Waals surface area contributed by atoms with Crippen molar-refractivity contribution in [1.82, 2.24) is 15.6 Å². The first-order chi connectivity index (χ1) is 14.0. The molecule has 29 heavy (non-hydrogen) atoms. The summed E-state index contributed by atoms with van der Waals surface area (Å²) >= 11 is 1.67. The van der Waals surface area contributed by atoms with Crippen LogP contribution in [0.3, 0.4) is 0 Å². The zero-order valence-corrected chi connectivity index (χ0v) is 18.3. The number of hydrogen-bond donors (Lipinski definition) is 4. The molecule has 1 aliphatic rings. The Morgan fingerprint density at radius 2 is 2.03 bits per heavy atom. The Bertz CT molecular complexity index is 819. The van der Waals surface area contributed by atoms with Crippen molar-refractivity contribution in [1.29, 1.82) is 0 Å². The SMILES string of the molecule is CCC.CNC(=O)Nc1cc(COc2cc(OC)c3c(c2)SC(NC)N3)ccn1. The van der Waals surface area contributed by atoms with E-state index in [1.165, 1.54) is 6.42 Å². The molecule has 1 atom stereocenters. The van der Waals surface area contributed by atoms with Gasteiger partial charge in [-0.15, -0.1) is 0 Å². The summed E-state index contributed by atoms with van der Waals surface area (Å²) in [6.07, 6.45) is 2.88. The van der Waals surface area contributed by atoms with Crippen LogP contribution >= 0.6 is 11.8 Å². The molecule has 2 aromatic rings. The van der Waals surface area contributed by atoms with E-state index in [0.29, 0.717) is 18.2 Å². The number of carbonyl (C=O) groups is 1. The van der Waals surface area contributed by atoms with Crippen LogP contribution in [-0.2, 0) is 6.61 Å². The van der Waals surface area contributed by atoms with Crippen LogP contribution in [0.2, 0.25) is 0 Å². The van der Waals surface area contributed by atoms with E-state index >= 15 is 0 Å². The monoisotopic (exact) mass is 419 g/mol. The van der Waals surface area contributed by atoms with Gasteiger partial charge in [0.1, 0.15) is 29.4 Å². The lowest BCUT2D eigenvalue weighted by atomic mass is 10.2. The van der Waals surface area contributed by atoms with Gasteiger partial charge < -0.3 is 20.1 Å². The van der Waals surface area contributed by atoms with Gasteiger partial charge in [-0.1, -0.05) is 32.0 Å². The first-order valence-electron chi connectivity index (χ1n) is 9.43. The Morgan fingerprint density at radius 1 is 1.28 bits per heavy atom. The molecule has 1 aromatic heterocycles. The molecule has 0 saturated carbocycles. The Kier molecular flexibility index (Phi) is 8.88. The minimum Gasteiger partial charge on any atom is -0.494 e. The molecule has 9 heteroatoms. The van der Waals surface area contributed by atoms with Crippen LogP contribution in [0.15, 0.2) is 35.4 Å². The predicted octanol–water partition coefficient (Wildman–Crippen LogP) is 3.86. The van der Waals surface area contributed by atoms with Gasteiger partial charge >= 0.3 is 6.03 Å². The second-order valence-electron chi connectivity index (χ2n) is 6.18. The fourth-order valence-corrected chi connectivity index (χ4v) is 3.45. The van der Waals surface area contributed by atoms with Crippen LogP contribution in [0, 0.1) is 0 Å². The molecule has 0 aliphatic carbocycles. The minimum atomic E-state index is -0.317. The lowest BCUT2D eigenvalue weighted by Crippen LogP contribution is -2.26. The number of nitrogens with zero attached hydrogens (tertiary/aromatic N) is 1. The summed E-state index contributed by atoms with van der Waals surface area (Å²) in [5, 5.41) is 11.7. The molecule has 158 valence electrons. The molecule has 0 radical (unpaired) electrons. The number of pyridine rings is 1. The van der Waals surface area contributed by atoms with Gasteiger partial charge in [0, 0.05) is 24.2 Å². The number of urea groups is 1. The average molecular weight is 420 g/mol. The summed E-state index contributed by atoms with van der Waals surface area (Å²) in [6, 6.07) is 7.13. The fraction of sp³-hybridized carbons (Fsp3) is 0.400. The highest BCUT2D eigenvalue weighted by molar-refractivity contribution is 8.00. The van der Waals surface area contributed by atoms with Gasteiger partial charge in [0.05, 0.1) is 12.8 Å². The molecule has 0 fully saturated rings. The van der Waals surface area contributed by atoms with Crippen LogP contribution < -0.4 is 30.7 Å². The van der Waals surface area contributed by atoms with E-state index in [2.05, 4.69) is 40.1 Å². The number of ether oxygens (including phenoxy) is 2. The molecule has 4 N–H and O–H groups in total. The Hall–Kier alpha value is -2.65. The van der Waals surface area contributed by atoms with Crippen molar-refractivity contribution in [2.75, 3.05) is 31.8 Å². The lowest BCUT2D eigenvalue weighted by molar-refractivity contribution is 0.254. The van der Waals surface area contributed by atoms with Crippen molar-refractivity contribution in [3.8, 4) is 11.5 Å². The average Bonchev–Trinajstić information content (AvgIpc) is 3.15. The predicted molar refractivity (Wildman–Crippen MR) is 118 cm³/mol. The molecule has 0 saturated heterocycles. The van der Waals surface area contributed by atoms with Crippen LogP contribution in [0.1, 0.15) is 25.8 Å². The Labute approximate surface area is 176 Å². The summed E-state index contributed by atoms with van der Waals surface area (Å²) in [5.74, 6) is 1.91. The summed E-state index contributed by atoms with van der Waals surface area (Å²) in [5.41, 5.74) is 1.96. The number of carbonyl (C=O) groups excluding carboxylic acids is 1. The third kappa shape index (κ3) is 6.43. The number of methoxy groups -OCH3 is 1. The first kappa shape index (κ1) is 22.6. The Morgan fingerprint density at radius 3 is 2.69 bits per heavy atom. The van der Waals surface area contributed by atoms with Gasteiger partial charge in [-0.25, -0.2) is 9.78 Å². The molecule has 3 rings (SSSR count).